The summed E-state index contributed by atoms with van der Waals surface area (Å²) in [7, 11) is 0. The highest BCUT2D eigenvalue weighted by atomic mass is 16.2. The van der Waals surface area contributed by atoms with E-state index in [9.17, 15) is 9.59 Å². The van der Waals surface area contributed by atoms with Crippen molar-refractivity contribution in [2.45, 2.75) is 46.6 Å². The van der Waals surface area contributed by atoms with E-state index < -0.39 is 0 Å². The zero-order valence-corrected chi connectivity index (χ0v) is 10.1. The van der Waals surface area contributed by atoms with Gasteiger partial charge in [0.25, 0.3) is 0 Å². The minimum absolute atomic E-state index is 0.00537. The van der Waals surface area contributed by atoms with Gasteiger partial charge in [0.05, 0.1) is 6.04 Å². The Kier molecular flexibility index (Phi) is 3.89. The third kappa shape index (κ3) is 2.58. The quantitative estimate of drug-likeness (QED) is 0.711. The second-order valence-corrected chi connectivity index (χ2v) is 4.94. The van der Waals surface area contributed by atoms with Gasteiger partial charge in [-0.2, -0.15) is 0 Å². The molecule has 0 aliphatic carbocycles. The van der Waals surface area contributed by atoms with Crippen molar-refractivity contribution in [1.29, 1.82) is 0 Å². The molecule has 0 N–H and O–H groups in total. The normalized spacial score (nSPS) is 19.1. The molecule has 86 valence electrons. The largest absolute Gasteiger partial charge is 0.332 e. The Morgan fingerprint density at radius 3 is 2.20 bits per heavy atom. The fourth-order valence-electron chi connectivity index (χ4n) is 2.15. The molecule has 1 fully saturated rings. The highest BCUT2D eigenvalue weighted by molar-refractivity contribution is 5.91. The van der Waals surface area contributed by atoms with E-state index in [0.717, 1.165) is 13.0 Å². The number of rotatable bonds is 4. The van der Waals surface area contributed by atoms with Crippen molar-refractivity contribution in [2.24, 2.45) is 11.8 Å². The molecule has 1 aliphatic rings. The number of nitrogens with zero attached hydrogens (tertiary/aromatic N) is 1. The molecule has 0 spiro atoms. The van der Waals surface area contributed by atoms with Gasteiger partial charge in [0, 0.05) is 18.9 Å². The van der Waals surface area contributed by atoms with Crippen molar-refractivity contribution in [2.75, 3.05) is 6.54 Å². The Bertz CT molecular complexity index is 258. The van der Waals surface area contributed by atoms with Crippen LogP contribution in [0.4, 0.5) is 0 Å². The number of carbonyl (C=O) groups excluding carboxylic acids is 2. The highest BCUT2D eigenvalue weighted by Crippen LogP contribution is 2.21. The Morgan fingerprint density at radius 1 is 1.27 bits per heavy atom. The van der Waals surface area contributed by atoms with Crippen LogP contribution in [-0.4, -0.2) is 29.2 Å². The summed E-state index contributed by atoms with van der Waals surface area (Å²) in [5.41, 5.74) is 0. The molecule has 0 aromatic carbocycles. The average Bonchev–Trinajstić information content (AvgIpc) is 2.52. The van der Waals surface area contributed by atoms with Crippen molar-refractivity contribution in [1.82, 2.24) is 4.90 Å². The van der Waals surface area contributed by atoms with Gasteiger partial charge in [0.1, 0.15) is 0 Å². The van der Waals surface area contributed by atoms with E-state index in [1.807, 2.05) is 27.7 Å². The third-order valence-electron chi connectivity index (χ3n) is 2.94. The summed E-state index contributed by atoms with van der Waals surface area (Å²) in [4.78, 5) is 25.4. The van der Waals surface area contributed by atoms with Gasteiger partial charge >= 0.3 is 0 Å². The maximum absolute atomic E-state index is 12.0. The third-order valence-corrected chi connectivity index (χ3v) is 2.94. The van der Waals surface area contributed by atoms with Crippen LogP contribution >= 0.6 is 0 Å². The van der Waals surface area contributed by atoms with Crippen LogP contribution in [0.25, 0.3) is 0 Å². The predicted molar refractivity (Wildman–Crippen MR) is 59.4 cm³/mol. The van der Waals surface area contributed by atoms with E-state index in [1.54, 1.807) is 4.90 Å². The van der Waals surface area contributed by atoms with Crippen molar-refractivity contribution < 1.29 is 9.59 Å². The Morgan fingerprint density at radius 2 is 1.87 bits per heavy atom. The van der Waals surface area contributed by atoms with Crippen LogP contribution in [0.5, 0.6) is 0 Å². The molecule has 0 unspecified atom stereocenters. The van der Waals surface area contributed by atoms with Crippen molar-refractivity contribution >= 4 is 11.7 Å². The first-order valence-corrected chi connectivity index (χ1v) is 5.78. The maximum atomic E-state index is 12.0. The first kappa shape index (κ1) is 12.2. The molecule has 1 heterocycles. The second kappa shape index (κ2) is 4.77. The monoisotopic (exact) mass is 211 g/mol. The number of hydrogen-bond donors (Lipinski definition) is 0. The number of carbonyl (C=O) groups is 2. The number of ketones is 1. The van der Waals surface area contributed by atoms with E-state index >= 15 is 0 Å². The molecule has 1 aliphatic heterocycles. The molecular weight excluding hydrogens is 190 g/mol. The first-order valence-electron chi connectivity index (χ1n) is 5.78. The molecule has 1 rings (SSSR count). The highest BCUT2D eigenvalue weighted by Gasteiger charge is 2.35. The lowest BCUT2D eigenvalue weighted by Gasteiger charge is -2.31. The molecule has 0 bridgehead atoms. The van der Waals surface area contributed by atoms with E-state index in [2.05, 4.69) is 0 Å². The Balaban J connectivity index is 2.82. The molecule has 0 saturated carbocycles. The molecule has 0 aromatic rings. The van der Waals surface area contributed by atoms with Crippen molar-refractivity contribution in [3.05, 3.63) is 0 Å². The molecule has 3 heteroatoms. The summed E-state index contributed by atoms with van der Waals surface area (Å²) < 4.78 is 0. The standard InChI is InChI=1S/C12H21NO2/c1-8(2)11(12(15)9(3)4)13-7-5-6-10(13)14/h8-9,11H,5-7H2,1-4H3/t11-/m0/s1. The van der Waals surface area contributed by atoms with Gasteiger partial charge in [0.2, 0.25) is 5.91 Å². The van der Waals surface area contributed by atoms with Crippen LogP contribution in [0.15, 0.2) is 0 Å². The van der Waals surface area contributed by atoms with Crippen molar-refractivity contribution in [3.63, 3.8) is 0 Å². The van der Waals surface area contributed by atoms with Crippen LogP contribution < -0.4 is 0 Å². The SMILES string of the molecule is CC(C)C(=O)[C@H](C(C)C)N1CCCC1=O. The topological polar surface area (TPSA) is 37.4 Å². The molecule has 0 radical (unpaired) electrons. The molecule has 1 atom stereocenters. The first-order chi connectivity index (χ1) is 6.95. The zero-order chi connectivity index (χ0) is 11.6. The van der Waals surface area contributed by atoms with Crippen molar-refractivity contribution in [3.8, 4) is 0 Å². The summed E-state index contributed by atoms with van der Waals surface area (Å²) in [5.74, 6) is 0.552. The molecule has 1 saturated heterocycles. The fourth-order valence-corrected chi connectivity index (χ4v) is 2.15. The minimum Gasteiger partial charge on any atom is -0.332 e. The van der Waals surface area contributed by atoms with Gasteiger partial charge in [-0.1, -0.05) is 27.7 Å². The Hall–Kier alpha value is -0.860. The summed E-state index contributed by atoms with van der Waals surface area (Å²) in [6, 6.07) is -0.208. The predicted octanol–water partition coefficient (Wildman–Crippen LogP) is 1.86. The molecule has 3 nitrogen and oxygen atoms in total. The van der Waals surface area contributed by atoms with Gasteiger partial charge < -0.3 is 4.90 Å². The average molecular weight is 211 g/mol. The lowest BCUT2D eigenvalue weighted by atomic mass is 9.92. The van der Waals surface area contributed by atoms with Crippen LogP contribution in [0, 0.1) is 11.8 Å². The van der Waals surface area contributed by atoms with Gasteiger partial charge in [-0.15, -0.1) is 0 Å². The Labute approximate surface area is 91.8 Å². The molecule has 0 aromatic heterocycles. The fraction of sp³-hybridized carbons (Fsp3) is 0.833. The van der Waals surface area contributed by atoms with Crippen LogP contribution in [0.2, 0.25) is 0 Å². The van der Waals surface area contributed by atoms with Crippen LogP contribution in [0.3, 0.4) is 0 Å². The van der Waals surface area contributed by atoms with Crippen LogP contribution in [-0.2, 0) is 9.59 Å². The van der Waals surface area contributed by atoms with E-state index in [1.165, 1.54) is 0 Å². The summed E-state index contributed by atoms with van der Waals surface area (Å²) in [6.45, 7) is 8.57. The van der Waals surface area contributed by atoms with E-state index in [-0.39, 0.29) is 29.6 Å². The van der Waals surface area contributed by atoms with Gasteiger partial charge in [-0.05, 0) is 12.3 Å². The smallest absolute Gasteiger partial charge is 0.223 e. The summed E-state index contributed by atoms with van der Waals surface area (Å²) in [6.07, 6.45) is 1.50. The molecule has 15 heavy (non-hydrogen) atoms. The number of hydrogen-bond acceptors (Lipinski definition) is 2. The lowest BCUT2D eigenvalue weighted by molar-refractivity contribution is -0.139. The lowest BCUT2D eigenvalue weighted by Crippen LogP contribution is -2.46. The van der Waals surface area contributed by atoms with Gasteiger partial charge in [0.15, 0.2) is 5.78 Å². The van der Waals surface area contributed by atoms with Crippen LogP contribution in [0.1, 0.15) is 40.5 Å². The number of amides is 1. The number of Topliss-reactive ketones (excluding diaryl/α,β-unsaturated/α-hetero) is 1. The zero-order valence-electron chi connectivity index (χ0n) is 10.1. The summed E-state index contributed by atoms with van der Waals surface area (Å²) in [5, 5.41) is 0. The molecule has 1 amide bonds. The minimum atomic E-state index is -0.208. The second-order valence-electron chi connectivity index (χ2n) is 4.94. The van der Waals surface area contributed by atoms with E-state index in [4.69, 9.17) is 0 Å². The molecular formula is C12H21NO2. The summed E-state index contributed by atoms with van der Waals surface area (Å²) >= 11 is 0. The van der Waals surface area contributed by atoms with E-state index in [0.29, 0.717) is 6.42 Å². The van der Waals surface area contributed by atoms with Gasteiger partial charge in [-0.3, -0.25) is 9.59 Å². The van der Waals surface area contributed by atoms with Gasteiger partial charge in [-0.25, -0.2) is 0 Å². The maximum Gasteiger partial charge on any atom is 0.223 e. The number of likely N-dealkylation sites (tertiary alicyclic amines) is 1.